The smallest absolute Gasteiger partial charge is 0.252 e. The van der Waals surface area contributed by atoms with Crippen molar-refractivity contribution in [3.63, 3.8) is 0 Å². The van der Waals surface area contributed by atoms with Crippen molar-refractivity contribution in [3.05, 3.63) is 30.3 Å². The largest absolute Gasteiger partial charge is 0.368 e. The number of carbonyl (C=O) groups is 1. The molecule has 0 radical (unpaired) electrons. The van der Waals surface area contributed by atoms with E-state index >= 15 is 0 Å². The van der Waals surface area contributed by atoms with E-state index < -0.39 is 5.60 Å². The average molecular weight is 320 g/mol. The Kier molecular flexibility index (Phi) is 4.76. The zero-order chi connectivity index (χ0) is 15.5. The van der Waals surface area contributed by atoms with Crippen LogP contribution in [-0.2, 0) is 9.53 Å². The summed E-state index contributed by atoms with van der Waals surface area (Å²) in [6.07, 6.45) is 3.81. The van der Waals surface area contributed by atoms with Crippen LogP contribution in [0, 0.1) is 0 Å². The predicted octanol–water partition coefficient (Wildman–Crippen LogP) is 2.20. The van der Waals surface area contributed by atoms with Gasteiger partial charge in [0.2, 0.25) is 0 Å². The van der Waals surface area contributed by atoms with E-state index in [1.165, 1.54) is 4.90 Å². The molecule has 4 nitrogen and oxygen atoms in total. The van der Waals surface area contributed by atoms with E-state index in [0.29, 0.717) is 0 Å². The second-order valence-electron chi connectivity index (χ2n) is 6.23. The zero-order valence-electron chi connectivity index (χ0n) is 13.1. The van der Waals surface area contributed by atoms with Gasteiger partial charge in [-0.1, -0.05) is 18.2 Å². The summed E-state index contributed by atoms with van der Waals surface area (Å²) in [6, 6.07) is 10.4. The normalized spacial score (nSPS) is 22.0. The van der Waals surface area contributed by atoms with Crippen LogP contribution >= 0.6 is 11.8 Å². The van der Waals surface area contributed by atoms with Crippen molar-refractivity contribution in [1.82, 2.24) is 10.6 Å². The molecule has 0 atom stereocenters. The first-order valence-electron chi connectivity index (χ1n) is 7.96. The SMILES string of the molecule is COC1(C(=O)NCC2(Sc3ccccc3)CC2)CCNCC1. The number of thioether (sulfide) groups is 1. The summed E-state index contributed by atoms with van der Waals surface area (Å²) in [6.45, 7) is 2.40. The molecular weight excluding hydrogens is 296 g/mol. The minimum absolute atomic E-state index is 0.0523. The maximum absolute atomic E-state index is 12.6. The summed E-state index contributed by atoms with van der Waals surface area (Å²) in [5.74, 6) is 0.0523. The van der Waals surface area contributed by atoms with Crippen LogP contribution < -0.4 is 10.6 Å². The van der Waals surface area contributed by atoms with Gasteiger partial charge in [-0.2, -0.15) is 0 Å². The van der Waals surface area contributed by atoms with Gasteiger partial charge in [0.05, 0.1) is 0 Å². The molecule has 22 heavy (non-hydrogen) atoms. The van der Waals surface area contributed by atoms with E-state index in [9.17, 15) is 4.79 Å². The van der Waals surface area contributed by atoms with Gasteiger partial charge in [-0.05, 0) is 50.9 Å². The zero-order valence-corrected chi connectivity index (χ0v) is 13.9. The lowest BCUT2D eigenvalue weighted by Gasteiger charge is -2.35. The molecule has 1 aromatic carbocycles. The van der Waals surface area contributed by atoms with Crippen LogP contribution in [0.15, 0.2) is 35.2 Å². The number of amides is 1. The third kappa shape index (κ3) is 3.47. The van der Waals surface area contributed by atoms with Gasteiger partial charge in [-0.25, -0.2) is 0 Å². The summed E-state index contributed by atoms with van der Waals surface area (Å²) >= 11 is 1.88. The number of rotatable bonds is 6. The molecule has 2 aliphatic rings. The van der Waals surface area contributed by atoms with Crippen LogP contribution in [0.1, 0.15) is 25.7 Å². The van der Waals surface area contributed by atoms with Crippen LogP contribution in [0.25, 0.3) is 0 Å². The van der Waals surface area contributed by atoms with E-state index in [2.05, 4.69) is 34.9 Å². The Morgan fingerprint density at radius 2 is 1.91 bits per heavy atom. The monoisotopic (exact) mass is 320 g/mol. The number of piperidine rings is 1. The first-order valence-corrected chi connectivity index (χ1v) is 8.78. The standard InChI is InChI=1S/C17H24N2O2S/c1-21-17(9-11-18-12-10-17)15(20)19-13-16(7-8-16)22-14-5-3-2-4-6-14/h2-6,18H,7-13H2,1H3,(H,19,20). The summed E-state index contributed by atoms with van der Waals surface area (Å²) < 4.78 is 5.77. The summed E-state index contributed by atoms with van der Waals surface area (Å²) in [7, 11) is 1.65. The lowest BCUT2D eigenvalue weighted by molar-refractivity contribution is -0.146. The average Bonchev–Trinajstić information content (AvgIpc) is 3.34. The highest BCUT2D eigenvalue weighted by Gasteiger charge is 2.46. The van der Waals surface area contributed by atoms with Gasteiger partial charge < -0.3 is 15.4 Å². The van der Waals surface area contributed by atoms with Crippen molar-refractivity contribution in [1.29, 1.82) is 0 Å². The Bertz CT molecular complexity index is 511. The first-order chi connectivity index (χ1) is 10.7. The van der Waals surface area contributed by atoms with E-state index in [0.717, 1.165) is 45.3 Å². The third-order valence-corrected chi connectivity index (χ3v) is 6.17. The summed E-state index contributed by atoms with van der Waals surface area (Å²) in [5.41, 5.74) is -0.640. The highest BCUT2D eigenvalue weighted by Crippen LogP contribution is 2.51. The Hall–Kier alpha value is -1.04. The predicted molar refractivity (Wildman–Crippen MR) is 89.1 cm³/mol. The maximum Gasteiger partial charge on any atom is 0.252 e. The van der Waals surface area contributed by atoms with Crippen LogP contribution in [0.2, 0.25) is 0 Å². The molecular formula is C17H24N2O2S. The highest BCUT2D eigenvalue weighted by atomic mass is 32.2. The van der Waals surface area contributed by atoms with E-state index in [1.54, 1.807) is 7.11 Å². The van der Waals surface area contributed by atoms with Crippen molar-refractivity contribution < 1.29 is 9.53 Å². The number of benzene rings is 1. The lowest BCUT2D eigenvalue weighted by Crippen LogP contribution is -2.55. The van der Waals surface area contributed by atoms with Crippen molar-refractivity contribution >= 4 is 17.7 Å². The Morgan fingerprint density at radius 1 is 1.23 bits per heavy atom. The molecule has 1 saturated heterocycles. The Morgan fingerprint density at radius 3 is 2.50 bits per heavy atom. The molecule has 2 N–H and O–H groups in total. The molecule has 1 aliphatic carbocycles. The molecule has 0 unspecified atom stereocenters. The molecule has 1 amide bonds. The van der Waals surface area contributed by atoms with Crippen molar-refractivity contribution in [2.75, 3.05) is 26.7 Å². The minimum atomic E-state index is -0.640. The highest BCUT2D eigenvalue weighted by molar-refractivity contribution is 8.01. The first kappa shape index (κ1) is 15.8. The topological polar surface area (TPSA) is 50.4 Å². The number of nitrogens with one attached hydrogen (secondary N) is 2. The molecule has 2 fully saturated rings. The fourth-order valence-electron chi connectivity index (χ4n) is 2.95. The second kappa shape index (κ2) is 6.60. The molecule has 0 aromatic heterocycles. The van der Waals surface area contributed by atoms with Gasteiger partial charge in [-0.3, -0.25) is 4.79 Å². The summed E-state index contributed by atoms with van der Waals surface area (Å²) in [5, 5.41) is 6.44. The fraction of sp³-hybridized carbons (Fsp3) is 0.588. The third-order valence-electron chi connectivity index (χ3n) is 4.67. The number of carbonyl (C=O) groups excluding carboxylic acids is 1. The van der Waals surface area contributed by atoms with E-state index in [-0.39, 0.29) is 10.7 Å². The van der Waals surface area contributed by atoms with Crippen molar-refractivity contribution in [3.8, 4) is 0 Å². The quantitative estimate of drug-likeness (QED) is 0.844. The molecule has 5 heteroatoms. The Balaban J connectivity index is 1.56. The number of hydrogen-bond acceptors (Lipinski definition) is 4. The molecule has 3 rings (SSSR count). The van der Waals surface area contributed by atoms with Gasteiger partial charge in [0.1, 0.15) is 5.60 Å². The fourth-order valence-corrected chi connectivity index (χ4v) is 4.19. The van der Waals surface area contributed by atoms with Crippen LogP contribution in [0.4, 0.5) is 0 Å². The molecule has 1 aliphatic heterocycles. The van der Waals surface area contributed by atoms with Crippen molar-refractivity contribution in [2.45, 2.75) is 40.9 Å². The molecule has 0 spiro atoms. The van der Waals surface area contributed by atoms with Gasteiger partial charge in [-0.15, -0.1) is 11.8 Å². The van der Waals surface area contributed by atoms with Gasteiger partial charge >= 0.3 is 0 Å². The number of ether oxygens (including phenoxy) is 1. The second-order valence-corrected chi connectivity index (χ2v) is 7.77. The molecule has 0 bridgehead atoms. The van der Waals surface area contributed by atoms with Crippen LogP contribution in [0.5, 0.6) is 0 Å². The van der Waals surface area contributed by atoms with Crippen LogP contribution in [0.3, 0.4) is 0 Å². The number of methoxy groups -OCH3 is 1. The molecule has 1 saturated carbocycles. The molecule has 120 valence electrons. The van der Waals surface area contributed by atoms with Crippen molar-refractivity contribution in [2.24, 2.45) is 0 Å². The van der Waals surface area contributed by atoms with Crippen LogP contribution in [-0.4, -0.2) is 43.0 Å². The maximum atomic E-state index is 12.6. The van der Waals surface area contributed by atoms with Gasteiger partial charge in [0.15, 0.2) is 0 Å². The molecule has 1 heterocycles. The number of hydrogen-bond donors (Lipinski definition) is 2. The molecule has 1 aromatic rings. The van der Waals surface area contributed by atoms with Gasteiger partial charge in [0.25, 0.3) is 5.91 Å². The van der Waals surface area contributed by atoms with E-state index in [4.69, 9.17) is 4.74 Å². The minimum Gasteiger partial charge on any atom is -0.368 e. The lowest BCUT2D eigenvalue weighted by atomic mass is 9.91. The van der Waals surface area contributed by atoms with Gasteiger partial charge in [0, 0.05) is 23.3 Å². The Labute approximate surface area is 136 Å². The summed E-state index contributed by atoms with van der Waals surface area (Å²) in [4.78, 5) is 13.9. The van der Waals surface area contributed by atoms with E-state index in [1.807, 2.05) is 17.8 Å².